The lowest BCUT2D eigenvalue weighted by molar-refractivity contribution is 0.380. The van der Waals surface area contributed by atoms with Gasteiger partial charge in [-0.05, 0) is 12.1 Å². The Hall–Kier alpha value is -3.31. The summed E-state index contributed by atoms with van der Waals surface area (Å²) in [6, 6.07) is 1.15. The Balaban J connectivity index is 2.37. The molecule has 0 amide bonds. The molecular formula is C17H4F10N2. The van der Waals surface area contributed by atoms with E-state index in [2.05, 4.69) is 4.98 Å². The third-order valence-electron chi connectivity index (χ3n) is 3.78. The van der Waals surface area contributed by atoms with Gasteiger partial charge in [0.15, 0.2) is 46.5 Å². The molecule has 3 aromatic rings. The number of hydrogen-bond donors (Lipinski definition) is 1. The normalized spacial score (nSPS) is 11.2. The highest BCUT2D eigenvalue weighted by Gasteiger charge is 2.30. The summed E-state index contributed by atoms with van der Waals surface area (Å²) in [5, 5.41) is 0. The van der Waals surface area contributed by atoms with Crippen molar-refractivity contribution in [2.45, 2.75) is 0 Å². The smallest absolute Gasteiger partial charge is 0.200 e. The maximum Gasteiger partial charge on any atom is 0.200 e. The fraction of sp³-hybridized carbons (Fsp3) is 0. The van der Waals surface area contributed by atoms with Gasteiger partial charge in [-0.1, -0.05) is 0 Å². The first kappa shape index (κ1) is 20.4. The molecular weight excluding hydrogens is 422 g/mol. The lowest BCUT2D eigenvalue weighted by atomic mass is 10.0. The van der Waals surface area contributed by atoms with Crippen LogP contribution in [0.4, 0.5) is 49.6 Å². The van der Waals surface area contributed by atoms with Crippen molar-refractivity contribution in [3.63, 3.8) is 0 Å². The maximum atomic E-state index is 14.0. The molecule has 0 fully saturated rings. The molecule has 0 spiro atoms. The summed E-state index contributed by atoms with van der Waals surface area (Å²) in [5.74, 6) is -23.7. The lowest BCUT2D eigenvalue weighted by Gasteiger charge is -2.12. The molecule has 0 aliphatic rings. The van der Waals surface area contributed by atoms with E-state index in [0.29, 0.717) is 12.1 Å². The van der Waals surface area contributed by atoms with E-state index in [0.717, 1.165) is 0 Å². The molecule has 1 heterocycles. The summed E-state index contributed by atoms with van der Waals surface area (Å²) in [6.07, 6.45) is 0. The van der Waals surface area contributed by atoms with Gasteiger partial charge in [0.1, 0.15) is 0 Å². The van der Waals surface area contributed by atoms with Crippen molar-refractivity contribution in [2.75, 3.05) is 5.73 Å². The maximum absolute atomic E-state index is 14.0. The second-order valence-corrected chi connectivity index (χ2v) is 5.56. The van der Waals surface area contributed by atoms with E-state index in [1.807, 2.05) is 0 Å². The van der Waals surface area contributed by atoms with Gasteiger partial charge in [-0.15, -0.1) is 0 Å². The largest absolute Gasteiger partial charge is 0.399 e. The van der Waals surface area contributed by atoms with Crippen LogP contribution in [-0.4, -0.2) is 4.98 Å². The number of rotatable bonds is 2. The Bertz CT molecular complexity index is 1030. The number of aromatic nitrogens is 1. The monoisotopic (exact) mass is 426 g/mol. The van der Waals surface area contributed by atoms with Gasteiger partial charge in [0, 0.05) is 5.69 Å². The van der Waals surface area contributed by atoms with Crippen LogP contribution >= 0.6 is 0 Å². The molecule has 0 radical (unpaired) electrons. The van der Waals surface area contributed by atoms with E-state index in [-0.39, 0.29) is 0 Å². The predicted molar refractivity (Wildman–Crippen MR) is 79.1 cm³/mol. The highest BCUT2D eigenvalue weighted by Crippen LogP contribution is 2.35. The van der Waals surface area contributed by atoms with E-state index in [1.165, 1.54) is 0 Å². The zero-order valence-corrected chi connectivity index (χ0v) is 13.5. The van der Waals surface area contributed by atoms with Gasteiger partial charge in [0.05, 0.1) is 22.5 Å². The topological polar surface area (TPSA) is 38.9 Å². The van der Waals surface area contributed by atoms with E-state index < -0.39 is 86.4 Å². The minimum atomic E-state index is -2.48. The quantitative estimate of drug-likeness (QED) is 0.339. The molecule has 2 nitrogen and oxygen atoms in total. The van der Waals surface area contributed by atoms with Crippen molar-refractivity contribution in [3.8, 4) is 22.5 Å². The average Bonchev–Trinajstić information content (AvgIpc) is 2.67. The van der Waals surface area contributed by atoms with Gasteiger partial charge in [-0.3, -0.25) is 0 Å². The molecule has 1 aromatic heterocycles. The van der Waals surface area contributed by atoms with Crippen molar-refractivity contribution in [1.82, 2.24) is 4.98 Å². The molecule has 3 rings (SSSR count). The summed E-state index contributed by atoms with van der Waals surface area (Å²) in [4.78, 5) is 3.29. The number of nitrogen functional groups attached to an aromatic ring is 1. The van der Waals surface area contributed by atoms with Crippen LogP contribution in [0.2, 0.25) is 0 Å². The van der Waals surface area contributed by atoms with Crippen LogP contribution in [0, 0.1) is 58.2 Å². The summed E-state index contributed by atoms with van der Waals surface area (Å²) in [5.41, 5.74) is -0.617. The molecule has 0 atom stereocenters. The molecule has 0 aliphatic heterocycles. The zero-order valence-electron chi connectivity index (χ0n) is 13.5. The van der Waals surface area contributed by atoms with Gasteiger partial charge in [-0.2, -0.15) is 0 Å². The van der Waals surface area contributed by atoms with Gasteiger partial charge in [-0.25, -0.2) is 48.9 Å². The first-order chi connectivity index (χ1) is 13.5. The SMILES string of the molecule is Nc1cc(-c2c(F)c(F)c(F)c(F)c2F)nc(-c2c(F)c(F)c(F)c(F)c2F)c1. The second-order valence-electron chi connectivity index (χ2n) is 5.56. The van der Waals surface area contributed by atoms with Crippen LogP contribution in [0.25, 0.3) is 22.5 Å². The van der Waals surface area contributed by atoms with E-state index in [9.17, 15) is 43.9 Å². The molecule has 0 saturated carbocycles. The third kappa shape index (κ3) is 3.04. The lowest BCUT2D eigenvalue weighted by Crippen LogP contribution is -2.08. The minimum absolute atomic E-state index is 0.577. The molecule has 0 saturated heterocycles. The molecule has 152 valence electrons. The summed E-state index contributed by atoms with van der Waals surface area (Å²) in [7, 11) is 0. The number of halogens is 10. The number of benzene rings is 2. The Morgan fingerprint density at radius 1 is 0.448 bits per heavy atom. The van der Waals surface area contributed by atoms with Crippen LogP contribution in [0.5, 0.6) is 0 Å². The van der Waals surface area contributed by atoms with Gasteiger partial charge >= 0.3 is 0 Å². The standard InChI is InChI=1S/C17H4F10N2/c18-8-6(9(19)13(23)16(26)12(8)22)4-1-3(28)2-5(29-4)7-10(20)14(24)17(27)15(25)11(7)21/h1-2H,(H2,28,29). The van der Waals surface area contributed by atoms with Crippen molar-refractivity contribution < 1.29 is 43.9 Å². The number of anilines is 1. The third-order valence-corrected chi connectivity index (χ3v) is 3.78. The highest BCUT2D eigenvalue weighted by atomic mass is 19.2. The van der Waals surface area contributed by atoms with E-state index in [4.69, 9.17) is 5.73 Å². The molecule has 29 heavy (non-hydrogen) atoms. The Morgan fingerprint density at radius 2 is 0.690 bits per heavy atom. The minimum Gasteiger partial charge on any atom is -0.399 e. The van der Waals surface area contributed by atoms with Gasteiger partial charge in [0.25, 0.3) is 0 Å². The summed E-state index contributed by atoms with van der Waals surface area (Å²) >= 11 is 0. The predicted octanol–water partition coefficient (Wildman–Crippen LogP) is 5.39. The Kier molecular flexibility index (Phi) is 4.89. The van der Waals surface area contributed by atoms with Crippen LogP contribution in [0.15, 0.2) is 12.1 Å². The average molecular weight is 426 g/mol. The summed E-state index contributed by atoms with van der Waals surface area (Å²) < 4.78 is 136. The summed E-state index contributed by atoms with van der Waals surface area (Å²) in [6.45, 7) is 0. The van der Waals surface area contributed by atoms with E-state index in [1.54, 1.807) is 0 Å². The number of nitrogens with zero attached hydrogens (tertiary/aromatic N) is 1. The molecule has 2 aromatic carbocycles. The molecule has 12 heteroatoms. The van der Waals surface area contributed by atoms with Gasteiger partial charge < -0.3 is 5.73 Å². The fourth-order valence-electron chi connectivity index (χ4n) is 2.47. The van der Waals surface area contributed by atoms with Crippen LogP contribution in [0.1, 0.15) is 0 Å². The number of nitrogens with two attached hydrogens (primary N) is 1. The first-order valence-electron chi connectivity index (χ1n) is 7.28. The first-order valence-corrected chi connectivity index (χ1v) is 7.28. The van der Waals surface area contributed by atoms with Crippen molar-refractivity contribution in [3.05, 3.63) is 70.3 Å². The second kappa shape index (κ2) is 6.94. The van der Waals surface area contributed by atoms with Crippen LogP contribution < -0.4 is 5.73 Å². The van der Waals surface area contributed by atoms with Crippen molar-refractivity contribution in [2.24, 2.45) is 0 Å². The molecule has 0 aliphatic carbocycles. The Morgan fingerprint density at radius 3 is 0.966 bits per heavy atom. The van der Waals surface area contributed by atoms with Crippen LogP contribution in [0.3, 0.4) is 0 Å². The number of pyridine rings is 1. The van der Waals surface area contributed by atoms with Crippen LogP contribution in [-0.2, 0) is 0 Å². The molecule has 2 N–H and O–H groups in total. The van der Waals surface area contributed by atoms with Crippen molar-refractivity contribution >= 4 is 5.69 Å². The van der Waals surface area contributed by atoms with E-state index >= 15 is 0 Å². The molecule has 0 bridgehead atoms. The highest BCUT2D eigenvalue weighted by molar-refractivity contribution is 5.72. The Labute approximate surface area is 154 Å². The number of hydrogen-bond acceptors (Lipinski definition) is 2. The zero-order chi connectivity index (χ0) is 21.8. The van der Waals surface area contributed by atoms with Crippen molar-refractivity contribution in [1.29, 1.82) is 0 Å². The van der Waals surface area contributed by atoms with Gasteiger partial charge in [0.2, 0.25) is 11.6 Å². The molecule has 0 unspecified atom stereocenters. The fourth-order valence-corrected chi connectivity index (χ4v) is 2.47.